The third kappa shape index (κ3) is 5.29. The first kappa shape index (κ1) is 19.0. The SMILES string of the molecule is CC(C)(C)c1ccc2c(c1)CCN(CCCCC(=O)O)C2.Cl. The van der Waals surface area contributed by atoms with Gasteiger partial charge in [-0.05, 0) is 47.9 Å². The zero-order valence-corrected chi connectivity index (χ0v) is 14.7. The van der Waals surface area contributed by atoms with Gasteiger partial charge in [0.1, 0.15) is 0 Å². The predicted molar refractivity (Wildman–Crippen MR) is 92.9 cm³/mol. The zero-order chi connectivity index (χ0) is 15.5. The molecule has 0 saturated heterocycles. The van der Waals surface area contributed by atoms with Crippen molar-refractivity contribution in [3.8, 4) is 0 Å². The highest BCUT2D eigenvalue weighted by atomic mass is 35.5. The number of hydrogen-bond acceptors (Lipinski definition) is 2. The van der Waals surface area contributed by atoms with Crippen molar-refractivity contribution in [1.82, 2.24) is 4.90 Å². The first-order valence-corrected chi connectivity index (χ1v) is 7.93. The Morgan fingerprint density at radius 3 is 2.59 bits per heavy atom. The fourth-order valence-electron chi connectivity index (χ4n) is 2.88. The second-order valence-electron chi connectivity index (χ2n) is 7.11. The van der Waals surface area contributed by atoms with Crippen molar-refractivity contribution >= 4 is 18.4 Å². The molecule has 0 spiro atoms. The molecule has 1 aliphatic heterocycles. The smallest absolute Gasteiger partial charge is 0.303 e. The van der Waals surface area contributed by atoms with Crippen LogP contribution in [0.25, 0.3) is 0 Å². The fraction of sp³-hybridized carbons (Fsp3) is 0.611. The zero-order valence-electron chi connectivity index (χ0n) is 13.9. The van der Waals surface area contributed by atoms with Gasteiger partial charge in [0.05, 0.1) is 0 Å². The molecule has 124 valence electrons. The Hall–Kier alpha value is -1.06. The Bertz CT molecular complexity index is 508. The van der Waals surface area contributed by atoms with Crippen LogP contribution >= 0.6 is 12.4 Å². The van der Waals surface area contributed by atoms with E-state index in [9.17, 15) is 4.79 Å². The summed E-state index contributed by atoms with van der Waals surface area (Å²) in [7, 11) is 0. The van der Waals surface area contributed by atoms with Crippen molar-refractivity contribution in [2.75, 3.05) is 13.1 Å². The van der Waals surface area contributed by atoms with E-state index in [1.54, 1.807) is 0 Å². The molecular weight excluding hydrogens is 298 g/mol. The lowest BCUT2D eigenvalue weighted by Crippen LogP contribution is -2.31. The quantitative estimate of drug-likeness (QED) is 0.831. The summed E-state index contributed by atoms with van der Waals surface area (Å²) in [5.74, 6) is -0.686. The van der Waals surface area contributed by atoms with Gasteiger partial charge in [-0.25, -0.2) is 0 Å². The number of benzene rings is 1. The van der Waals surface area contributed by atoms with Crippen LogP contribution in [0.1, 0.15) is 56.7 Å². The van der Waals surface area contributed by atoms with E-state index in [1.807, 2.05) is 0 Å². The Morgan fingerprint density at radius 1 is 1.23 bits per heavy atom. The molecule has 0 amide bonds. The highest BCUT2D eigenvalue weighted by Gasteiger charge is 2.19. The van der Waals surface area contributed by atoms with Crippen LogP contribution in [0.3, 0.4) is 0 Å². The van der Waals surface area contributed by atoms with Crippen LogP contribution in [-0.2, 0) is 23.2 Å². The predicted octanol–water partition coefficient (Wildman–Crippen LogP) is 4.02. The minimum atomic E-state index is -0.686. The standard InChI is InChI=1S/C18H27NO2.ClH/c1-18(2,3)16-8-7-15-13-19(11-9-14(15)12-16)10-5-4-6-17(20)21;/h7-8,12H,4-6,9-11,13H2,1-3H3,(H,20,21);1H. The number of carboxylic acids is 1. The number of nitrogens with zero attached hydrogens (tertiary/aromatic N) is 1. The number of fused-ring (bicyclic) bond motifs is 1. The van der Waals surface area contributed by atoms with Gasteiger partial charge >= 0.3 is 5.97 Å². The Kier molecular flexibility index (Phi) is 6.89. The van der Waals surface area contributed by atoms with Crippen molar-refractivity contribution < 1.29 is 9.90 Å². The first-order chi connectivity index (χ1) is 9.86. The van der Waals surface area contributed by atoms with E-state index < -0.39 is 5.97 Å². The summed E-state index contributed by atoms with van der Waals surface area (Å²) in [5.41, 5.74) is 4.55. The largest absolute Gasteiger partial charge is 0.481 e. The van der Waals surface area contributed by atoms with Crippen LogP contribution in [0.15, 0.2) is 18.2 Å². The van der Waals surface area contributed by atoms with Crippen LogP contribution in [0, 0.1) is 0 Å². The molecule has 1 aromatic carbocycles. The molecule has 0 fully saturated rings. The molecule has 0 radical (unpaired) electrons. The van der Waals surface area contributed by atoms with Crippen molar-refractivity contribution in [1.29, 1.82) is 0 Å². The minimum Gasteiger partial charge on any atom is -0.481 e. The molecule has 3 nitrogen and oxygen atoms in total. The van der Waals surface area contributed by atoms with E-state index in [1.165, 1.54) is 16.7 Å². The van der Waals surface area contributed by atoms with E-state index in [-0.39, 0.29) is 17.8 Å². The second kappa shape index (κ2) is 7.98. The molecule has 1 N–H and O–H groups in total. The van der Waals surface area contributed by atoms with E-state index in [2.05, 4.69) is 43.9 Å². The molecule has 0 aromatic heterocycles. The molecule has 1 heterocycles. The monoisotopic (exact) mass is 325 g/mol. The Balaban J connectivity index is 0.00000242. The van der Waals surface area contributed by atoms with Crippen molar-refractivity contribution in [3.05, 3.63) is 34.9 Å². The van der Waals surface area contributed by atoms with E-state index in [4.69, 9.17) is 5.11 Å². The maximum Gasteiger partial charge on any atom is 0.303 e. The molecular formula is C18H28ClNO2. The molecule has 0 unspecified atom stereocenters. The first-order valence-electron chi connectivity index (χ1n) is 7.93. The number of carbonyl (C=O) groups is 1. The van der Waals surface area contributed by atoms with Gasteiger partial charge in [0.25, 0.3) is 0 Å². The number of aliphatic carboxylic acids is 1. The van der Waals surface area contributed by atoms with Gasteiger partial charge in [0.2, 0.25) is 0 Å². The summed E-state index contributed by atoms with van der Waals surface area (Å²) in [4.78, 5) is 13.0. The van der Waals surface area contributed by atoms with Crippen molar-refractivity contribution in [2.45, 2.75) is 58.4 Å². The summed E-state index contributed by atoms with van der Waals surface area (Å²) in [6.07, 6.45) is 3.15. The van der Waals surface area contributed by atoms with Crippen LogP contribution in [0.2, 0.25) is 0 Å². The number of carboxylic acid groups (broad SMARTS) is 1. The molecule has 0 saturated carbocycles. The molecule has 0 atom stereocenters. The molecule has 1 aliphatic rings. The highest BCUT2D eigenvalue weighted by Crippen LogP contribution is 2.27. The maximum absolute atomic E-state index is 10.5. The highest BCUT2D eigenvalue weighted by molar-refractivity contribution is 5.85. The summed E-state index contributed by atoms with van der Waals surface area (Å²) < 4.78 is 0. The van der Waals surface area contributed by atoms with E-state index in [0.717, 1.165) is 38.9 Å². The van der Waals surface area contributed by atoms with Gasteiger partial charge in [-0.3, -0.25) is 9.69 Å². The van der Waals surface area contributed by atoms with Crippen LogP contribution in [0.5, 0.6) is 0 Å². The van der Waals surface area contributed by atoms with Gasteiger partial charge in [0, 0.05) is 19.5 Å². The summed E-state index contributed by atoms with van der Waals surface area (Å²) >= 11 is 0. The normalized spacial score (nSPS) is 15.0. The number of unbranched alkanes of at least 4 members (excludes halogenated alkanes) is 1. The van der Waals surface area contributed by atoms with Crippen molar-refractivity contribution in [2.24, 2.45) is 0 Å². The molecule has 4 heteroatoms. The molecule has 22 heavy (non-hydrogen) atoms. The van der Waals surface area contributed by atoms with E-state index >= 15 is 0 Å². The Labute approximate surface area is 140 Å². The topological polar surface area (TPSA) is 40.5 Å². The molecule has 1 aromatic rings. The lowest BCUT2D eigenvalue weighted by atomic mass is 9.84. The molecule has 0 bridgehead atoms. The van der Waals surface area contributed by atoms with Gasteiger partial charge in [-0.15, -0.1) is 12.4 Å². The van der Waals surface area contributed by atoms with Gasteiger partial charge in [-0.2, -0.15) is 0 Å². The number of rotatable bonds is 5. The average molecular weight is 326 g/mol. The van der Waals surface area contributed by atoms with Crippen LogP contribution < -0.4 is 0 Å². The van der Waals surface area contributed by atoms with Gasteiger partial charge < -0.3 is 5.11 Å². The molecule has 2 rings (SSSR count). The lowest BCUT2D eigenvalue weighted by Gasteiger charge is -2.30. The van der Waals surface area contributed by atoms with Crippen LogP contribution in [-0.4, -0.2) is 29.1 Å². The third-order valence-electron chi connectivity index (χ3n) is 4.28. The van der Waals surface area contributed by atoms with Crippen LogP contribution in [0.4, 0.5) is 0 Å². The van der Waals surface area contributed by atoms with Gasteiger partial charge in [0.15, 0.2) is 0 Å². The molecule has 0 aliphatic carbocycles. The summed E-state index contributed by atoms with van der Waals surface area (Å²) in [6.45, 7) is 9.87. The van der Waals surface area contributed by atoms with Gasteiger partial charge in [-0.1, -0.05) is 39.0 Å². The number of halogens is 1. The summed E-state index contributed by atoms with van der Waals surface area (Å²) in [6, 6.07) is 6.91. The Morgan fingerprint density at radius 2 is 1.95 bits per heavy atom. The minimum absolute atomic E-state index is 0. The third-order valence-corrected chi connectivity index (χ3v) is 4.28. The lowest BCUT2D eigenvalue weighted by molar-refractivity contribution is -0.137. The van der Waals surface area contributed by atoms with Crippen molar-refractivity contribution in [3.63, 3.8) is 0 Å². The second-order valence-corrected chi connectivity index (χ2v) is 7.11. The number of hydrogen-bond donors (Lipinski definition) is 1. The summed E-state index contributed by atoms with van der Waals surface area (Å²) in [5, 5.41) is 8.66. The fourth-order valence-corrected chi connectivity index (χ4v) is 2.88. The van der Waals surface area contributed by atoms with E-state index in [0.29, 0.717) is 6.42 Å². The average Bonchev–Trinajstić information content (AvgIpc) is 2.41. The maximum atomic E-state index is 10.5.